The molecule has 0 saturated carbocycles. The van der Waals surface area contributed by atoms with Gasteiger partial charge in [0.05, 0.1) is 22.0 Å². The number of hydrogen-bond donors (Lipinski definition) is 2. The third kappa shape index (κ3) is 2.93. The van der Waals surface area contributed by atoms with Crippen LogP contribution in [0.4, 0.5) is 0 Å². The number of furan rings is 1. The number of aliphatic hydroxyl groups is 1. The van der Waals surface area contributed by atoms with Crippen molar-refractivity contribution in [1.29, 1.82) is 0 Å². The zero-order chi connectivity index (χ0) is 13.2. The summed E-state index contributed by atoms with van der Waals surface area (Å²) in [7, 11) is 0. The lowest BCUT2D eigenvalue weighted by Crippen LogP contribution is -2.38. The normalized spacial score (nSPS) is 14.2. The summed E-state index contributed by atoms with van der Waals surface area (Å²) in [5.41, 5.74) is -1.24. The number of amides is 1. The Morgan fingerprint density at radius 1 is 1.56 bits per heavy atom. The highest BCUT2D eigenvalue weighted by Crippen LogP contribution is 2.22. The quantitative estimate of drug-likeness (QED) is 0.908. The van der Waals surface area contributed by atoms with E-state index in [0.717, 1.165) is 0 Å². The first-order valence-electron chi connectivity index (χ1n) is 5.29. The molecule has 96 valence electrons. The molecule has 6 heteroatoms. The van der Waals surface area contributed by atoms with E-state index in [0.29, 0.717) is 15.0 Å². The fourth-order valence-corrected chi connectivity index (χ4v) is 2.41. The molecule has 2 aromatic rings. The molecule has 1 atom stereocenters. The van der Waals surface area contributed by atoms with Crippen LogP contribution < -0.4 is 5.32 Å². The van der Waals surface area contributed by atoms with E-state index in [1.165, 1.54) is 17.6 Å². The number of carbonyl (C=O) groups excluding carboxylic acids is 1. The zero-order valence-corrected chi connectivity index (χ0v) is 11.2. The van der Waals surface area contributed by atoms with Gasteiger partial charge in [0.2, 0.25) is 0 Å². The molecule has 0 radical (unpaired) electrons. The van der Waals surface area contributed by atoms with Crippen LogP contribution in [-0.2, 0) is 5.60 Å². The number of thiophene rings is 1. The minimum Gasteiger partial charge on any atom is -0.466 e. The molecule has 1 unspecified atom stereocenters. The van der Waals surface area contributed by atoms with Crippen molar-refractivity contribution >= 4 is 28.8 Å². The van der Waals surface area contributed by atoms with E-state index in [4.69, 9.17) is 16.0 Å². The molecule has 0 bridgehead atoms. The molecule has 0 aliphatic carbocycles. The Morgan fingerprint density at radius 3 is 2.89 bits per heavy atom. The van der Waals surface area contributed by atoms with Gasteiger partial charge >= 0.3 is 0 Å². The van der Waals surface area contributed by atoms with Gasteiger partial charge in [0.1, 0.15) is 11.4 Å². The molecular weight excluding hydrogens is 274 g/mol. The van der Waals surface area contributed by atoms with Gasteiger partial charge in [-0.3, -0.25) is 4.79 Å². The van der Waals surface area contributed by atoms with Crippen molar-refractivity contribution in [3.8, 4) is 0 Å². The van der Waals surface area contributed by atoms with E-state index >= 15 is 0 Å². The second-order valence-electron chi connectivity index (χ2n) is 4.04. The summed E-state index contributed by atoms with van der Waals surface area (Å²) in [4.78, 5) is 12.3. The maximum Gasteiger partial charge on any atom is 0.261 e. The van der Waals surface area contributed by atoms with E-state index in [2.05, 4.69) is 5.32 Å². The molecule has 2 rings (SSSR count). The van der Waals surface area contributed by atoms with Crippen molar-refractivity contribution < 1.29 is 14.3 Å². The van der Waals surface area contributed by atoms with Crippen molar-refractivity contribution in [3.63, 3.8) is 0 Å². The van der Waals surface area contributed by atoms with Crippen LogP contribution in [0.25, 0.3) is 0 Å². The summed E-state index contributed by atoms with van der Waals surface area (Å²) in [6, 6.07) is 6.65. The Morgan fingerprint density at radius 2 is 2.33 bits per heavy atom. The maximum absolute atomic E-state index is 11.8. The van der Waals surface area contributed by atoms with Gasteiger partial charge in [0, 0.05) is 0 Å². The van der Waals surface area contributed by atoms with Crippen LogP contribution in [0, 0.1) is 0 Å². The first kappa shape index (κ1) is 13.1. The molecule has 0 spiro atoms. The summed E-state index contributed by atoms with van der Waals surface area (Å²) < 4.78 is 5.67. The van der Waals surface area contributed by atoms with Crippen molar-refractivity contribution in [2.24, 2.45) is 0 Å². The molecule has 0 aliphatic rings. The molecular formula is C12H12ClNO3S. The van der Waals surface area contributed by atoms with Crippen molar-refractivity contribution in [2.45, 2.75) is 12.5 Å². The second kappa shape index (κ2) is 5.14. The molecule has 2 heterocycles. The van der Waals surface area contributed by atoms with E-state index in [1.807, 2.05) is 0 Å². The predicted molar refractivity (Wildman–Crippen MR) is 69.9 cm³/mol. The largest absolute Gasteiger partial charge is 0.466 e. The van der Waals surface area contributed by atoms with Gasteiger partial charge in [-0.15, -0.1) is 11.3 Å². The van der Waals surface area contributed by atoms with Crippen molar-refractivity contribution in [3.05, 3.63) is 45.5 Å². The molecule has 1 amide bonds. The topological polar surface area (TPSA) is 62.5 Å². The lowest BCUT2D eigenvalue weighted by Gasteiger charge is -2.20. The Bertz CT molecular complexity index is 533. The molecule has 18 heavy (non-hydrogen) atoms. The fourth-order valence-electron chi connectivity index (χ4n) is 1.45. The van der Waals surface area contributed by atoms with Crippen molar-refractivity contribution in [1.82, 2.24) is 5.32 Å². The smallest absolute Gasteiger partial charge is 0.261 e. The Labute approximate surface area is 113 Å². The average molecular weight is 286 g/mol. The molecule has 4 nitrogen and oxygen atoms in total. The molecule has 0 fully saturated rings. The van der Waals surface area contributed by atoms with E-state index < -0.39 is 5.60 Å². The highest BCUT2D eigenvalue weighted by Gasteiger charge is 2.27. The zero-order valence-electron chi connectivity index (χ0n) is 9.64. The van der Waals surface area contributed by atoms with Gasteiger partial charge in [-0.05, 0) is 31.2 Å². The van der Waals surface area contributed by atoms with E-state index in [1.54, 1.807) is 31.2 Å². The number of carbonyl (C=O) groups is 1. The Balaban J connectivity index is 1.98. The minimum atomic E-state index is -1.24. The van der Waals surface area contributed by atoms with Gasteiger partial charge in [0.25, 0.3) is 5.91 Å². The Hall–Kier alpha value is -1.30. The van der Waals surface area contributed by atoms with Gasteiger partial charge in [-0.1, -0.05) is 11.6 Å². The van der Waals surface area contributed by atoms with Crippen LogP contribution in [0.3, 0.4) is 0 Å². The number of halogens is 1. The van der Waals surface area contributed by atoms with Crippen LogP contribution in [0.1, 0.15) is 22.4 Å². The molecule has 0 aliphatic heterocycles. The third-order valence-corrected chi connectivity index (χ3v) is 3.67. The maximum atomic E-state index is 11.8. The van der Waals surface area contributed by atoms with Crippen LogP contribution in [0.15, 0.2) is 34.9 Å². The number of rotatable bonds is 4. The highest BCUT2D eigenvalue weighted by atomic mass is 35.5. The van der Waals surface area contributed by atoms with Gasteiger partial charge in [-0.2, -0.15) is 0 Å². The standard InChI is InChI=1S/C12H12ClNO3S/c1-12(16,9-3-2-6-17-9)7-14-11(15)8-4-5-10(13)18-8/h2-6,16H,7H2,1H3,(H,14,15). The van der Waals surface area contributed by atoms with Crippen LogP contribution in [0.5, 0.6) is 0 Å². The summed E-state index contributed by atoms with van der Waals surface area (Å²) in [6.45, 7) is 1.64. The second-order valence-corrected chi connectivity index (χ2v) is 5.75. The van der Waals surface area contributed by atoms with Crippen LogP contribution in [-0.4, -0.2) is 17.6 Å². The molecule has 2 aromatic heterocycles. The monoisotopic (exact) mass is 285 g/mol. The van der Waals surface area contributed by atoms with Gasteiger partial charge in [0.15, 0.2) is 0 Å². The van der Waals surface area contributed by atoms with Gasteiger partial charge < -0.3 is 14.8 Å². The number of nitrogens with one attached hydrogen (secondary N) is 1. The highest BCUT2D eigenvalue weighted by molar-refractivity contribution is 7.17. The third-order valence-electron chi connectivity index (χ3n) is 2.44. The summed E-state index contributed by atoms with van der Waals surface area (Å²) >= 11 is 6.94. The predicted octanol–water partition coefficient (Wildman–Crippen LogP) is 2.63. The van der Waals surface area contributed by atoms with E-state index in [-0.39, 0.29) is 12.5 Å². The van der Waals surface area contributed by atoms with Crippen LogP contribution >= 0.6 is 22.9 Å². The summed E-state index contributed by atoms with van der Waals surface area (Å²) in [5.74, 6) is 0.144. The lowest BCUT2D eigenvalue weighted by molar-refractivity contribution is 0.0331. The molecule has 0 aromatic carbocycles. The minimum absolute atomic E-state index is 0.0644. The van der Waals surface area contributed by atoms with Gasteiger partial charge in [-0.25, -0.2) is 0 Å². The van der Waals surface area contributed by atoms with Crippen LogP contribution in [0.2, 0.25) is 4.34 Å². The van der Waals surface area contributed by atoms with Crippen molar-refractivity contribution in [2.75, 3.05) is 6.54 Å². The SMILES string of the molecule is CC(O)(CNC(=O)c1ccc(Cl)s1)c1ccco1. The first-order chi connectivity index (χ1) is 8.49. The Kier molecular flexibility index (Phi) is 3.75. The average Bonchev–Trinajstić information content (AvgIpc) is 2.96. The fraction of sp³-hybridized carbons (Fsp3) is 0.250. The molecule has 2 N–H and O–H groups in total. The lowest BCUT2D eigenvalue weighted by atomic mass is 10.0. The summed E-state index contributed by atoms with van der Waals surface area (Å²) in [5, 5.41) is 12.8. The first-order valence-corrected chi connectivity index (χ1v) is 6.48. The van der Waals surface area contributed by atoms with E-state index in [9.17, 15) is 9.90 Å². The molecule has 0 saturated heterocycles. The summed E-state index contributed by atoms with van der Waals surface area (Å²) in [6.07, 6.45) is 1.48. The number of hydrogen-bond acceptors (Lipinski definition) is 4.